The molecule has 0 bridgehead atoms. The average molecular weight is 356 g/mol. The fraction of sp³-hybridized carbons (Fsp3) is 0.350. The molecule has 1 fully saturated rings. The van der Waals surface area contributed by atoms with E-state index in [1.54, 1.807) is 11.8 Å². The summed E-state index contributed by atoms with van der Waals surface area (Å²) in [6, 6.07) is 16.3. The minimum absolute atomic E-state index is 0.0283. The van der Waals surface area contributed by atoms with Gasteiger partial charge < -0.3 is 15.1 Å². The summed E-state index contributed by atoms with van der Waals surface area (Å²) >= 11 is 1.58. The number of carbonyl (C=O) groups is 1. The molecular formula is C20H25N3OS. The Morgan fingerprint density at radius 2 is 1.72 bits per heavy atom. The number of aryl methyl sites for hydroxylation is 1. The van der Waals surface area contributed by atoms with Gasteiger partial charge in [0.15, 0.2) is 0 Å². The standard InChI is InChI=1S/C20H25N3OS/c1-16-5-3-4-6-19(16)25-15-20(24)21-17-7-9-18(10-8-17)23-13-11-22(2)12-14-23/h3-10H,11-15H2,1-2H3,(H,21,24). The summed E-state index contributed by atoms with van der Waals surface area (Å²) in [5, 5.41) is 2.98. The van der Waals surface area contributed by atoms with Crippen LogP contribution in [-0.2, 0) is 4.79 Å². The van der Waals surface area contributed by atoms with Crippen LogP contribution < -0.4 is 10.2 Å². The van der Waals surface area contributed by atoms with Crippen LogP contribution in [0.4, 0.5) is 11.4 Å². The number of nitrogens with one attached hydrogen (secondary N) is 1. The van der Waals surface area contributed by atoms with Crippen LogP contribution in [-0.4, -0.2) is 49.8 Å². The first kappa shape index (κ1) is 17.8. The predicted octanol–water partition coefficient (Wildman–Crippen LogP) is 3.48. The average Bonchev–Trinajstić information content (AvgIpc) is 2.62. The highest BCUT2D eigenvalue weighted by Crippen LogP contribution is 2.23. The molecule has 1 aliphatic rings. The summed E-state index contributed by atoms with van der Waals surface area (Å²) in [6.45, 7) is 6.35. The zero-order valence-corrected chi connectivity index (χ0v) is 15.7. The van der Waals surface area contributed by atoms with Crippen molar-refractivity contribution in [3.8, 4) is 0 Å². The molecule has 1 amide bonds. The highest BCUT2D eigenvalue weighted by Gasteiger charge is 2.14. The van der Waals surface area contributed by atoms with Crippen molar-refractivity contribution < 1.29 is 4.79 Å². The predicted molar refractivity (Wildman–Crippen MR) is 107 cm³/mol. The van der Waals surface area contributed by atoms with E-state index in [-0.39, 0.29) is 5.91 Å². The third-order valence-electron chi connectivity index (χ3n) is 4.47. The van der Waals surface area contributed by atoms with Crippen LogP contribution in [0.3, 0.4) is 0 Å². The molecule has 1 aliphatic heterocycles. The number of rotatable bonds is 5. The van der Waals surface area contributed by atoms with Gasteiger partial charge in [-0.15, -0.1) is 11.8 Å². The van der Waals surface area contributed by atoms with Crippen LogP contribution in [0, 0.1) is 6.92 Å². The molecule has 2 aromatic carbocycles. The van der Waals surface area contributed by atoms with Gasteiger partial charge in [-0.3, -0.25) is 4.79 Å². The maximum atomic E-state index is 12.2. The van der Waals surface area contributed by atoms with E-state index in [1.165, 1.54) is 11.3 Å². The van der Waals surface area contributed by atoms with E-state index in [0.717, 1.165) is 36.8 Å². The molecule has 1 heterocycles. The lowest BCUT2D eigenvalue weighted by Gasteiger charge is -2.34. The highest BCUT2D eigenvalue weighted by molar-refractivity contribution is 8.00. The summed E-state index contributed by atoms with van der Waals surface area (Å²) in [5.41, 5.74) is 3.28. The normalized spacial score (nSPS) is 15.2. The molecule has 3 rings (SSSR count). The van der Waals surface area contributed by atoms with Gasteiger partial charge in [0.2, 0.25) is 5.91 Å². The Hall–Kier alpha value is -1.98. The van der Waals surface area contributed by atoms with Crippen molar-refractivity contribution in [1.82, 2.24) is 4.90 Å². The summed E-state index contributed by atoms with van der Waals surface area (Å²) in [6.07, 6.45) is 0. The zero-order valence-electron chi connectivity index (χ0n) is 14.9. The first-order valence-corrected chi connectivity index (χ1v) is 9.62. The topological polar surface area (TPSA) is 35.6 Å². The molecule has 0 unspecified atom stereocenters. The second-order valence-electron chi connectivity index (χ2n) is 6.44. The summed E-state index contributed by atoms with van der Waals surface area (Å²) in [5.74, 6) is 0.450. The van der Waals surface area contributed by atoms with Gasteiger partial charge in [-0.2, -0.15) is 0 Å². The fourth-order valence-corrected chi connectivity index (χ4v) is 3.71. The van der Waals surface area contributed by atoms with Gasteiger partial charge >= 0.3 is 0 Å². The molecule has 2 aromatic rings. The van der Waals surface area contributed by atoms with E-state index in [0.29, 0.717) is 5.75 Å². The van der Waals surface area contributed by atoms with Crippen molar-refractivity contribution in [3.63, 3.8) is 0 Å². The first-order valence-electron chi connectivity index (χ1n) is 8.63. The van der Waals surface area contributed by atoms with Gasteiger partial charge in [0.1, 0.15) is 0 Å². The minimum atomic E-state index is 0.0283. The van der Waals surface area contributed by atoms with Crippen molar-refractivity contribution >= 4 is 29.0 Å². The quantitative estimate of drug-likeness (QED) is 0.833. The SMILES string of the molecule is Cc1ccccc1SCC(=O)Nc1ccc(N2CCN(C)CC2)cc1. The molecule has 0 spiro atoms. The number of nitrogens with zero attached hydrogens (tertiary/aromatic N) is 2. The third kappa shape index (κ3) is 5.00. The minimum Gasteiger partial charge on any atom is -0.369 e. The number of piperazine rings is 1. The smallest absolute Gasteiger partial charge is 0.234 e. The van der Waals surface area contributed by atoms with Gasteiger partial charge in [0, 0.05) is 42.4 Å². The van der Waals surface area contributed by atoms with Crippen molar-refractivity contribution in [2.24, 2.45) is 0 Å². The van der Waals surface area contributed by atoms with E-state index in [4.69, 9.17) is 0 Å². The van der Waals surface area contributed by atoms with E-state index in [9.17, 15) is 4.79 Å². The van der Waals surface area contributed by atoms with Gasteiger partial charge in [0.05, 0.1) is 5.75 Å². The number of anilines is 2. The largest absolute Gasteiger partial charge is 0.369 e. The van der Waals surface area contributed by atoms with Crippen LogP contribution in [0.5, 0.6) is 0 Å². The Bertz CT molecular complexity index is 709. The number of amides is 1. The molecule has 0 aliphatic carbocycles. The number of hydrogen-bond donors (Lipinski definition) is 1. The Morgan fingerprint density at radius 1 is 1.04 bits per heavy atom. The number of benzene rings is 2. The number of thioether (sulfide) groups is 1. The van der Waals surface area contributed by atoms with Gasteiger partial charge in [-0.1, -0.05) is 18.2 Å². The van der Waals surface area contributed by atoms with Gasteiger partial charge in [-0.25, -0.2) is 0 Å². The number of carbonyl (C=O) groups excluding carboxylic acids is 1. The van der Waals surface area contributed by atoms with Crippen LogP contribution in [0.2, 0.25) is 0 Å². The fourth-order valence-electron chi connectivity index (χ4n) is 2.88. The second-order valence-corrected chi connectivity index (χ2v) is 7.46. The Balaban J connectivity index is 1.51. The van der Waals surface area contributed by atoms with Crippen LogP contribution in [0.15, 0.2) is 53.4 Å². The molecule has 0 atom stereocenters. The van der Waals surface area contributed by atoms with Crippen molar-refractivity contribution in [2.75, 3.05) is 49.2 Å². The molecule has 4 nitrogen and oxygen atoms in total. The summed E-state index contributed by atoms with van der Waals surface area (Å²) < 4.78 is 0. The Labute approximate surface area is 154 Å². The second kappa shape index (κ2) is 8.41. The molecule has 25 heavy (non-hydrogen) atoms. The third-order valence-corrected chi connectivity index (χ3v) is 5.65. The molecule has 132 valence electrons. The molecule has 5 heteroatoms. The molecule has 0 aromatic heterocycles. The number of likely N-dealkylation sites (N-methyl/N-ethyl adjacent to an activating group) is 1. The summed E-state index contributed by atoms with van der Waals surface area (Å²) in [7, 11) is 2.16. The summed E-state index contributed by atoms with van der Waals surface area (Å²) in [4.78, 5) is 18.1. The maximum absolute atomic E-state index is 12.2. The molecule has 1 N–H and O–H groups in total. The lowest BCUT2D eigenvalue weighted by molar-refractivity contribution is -0.113. The highest BCUT2D eigenvalue weighted by atomic mass is 32.2. The van der Waals surface area contributed by atoms with Gasteiger partial charge in [-0.05, 0) is 49.9 Å². The Kier molecular flexibility index (Phi) is 6.00. The van der Waals surface area contributed by atoms with Gasteiger partial charge in [0.25, 0.3) is 0 Å². The lowest BCUT2D eigenvalue weighted by Crippen LogP contribution is -2.44. The van der Waals surface area contributed by atoms with E-state index >= 15 is 0 Å². The van der Waals surface area contributed by atoms with Crippen molar-refractivity contribution in [2.45, 2.75) is 11.8 Å². The monoisotopic (exact) mass is 355 g/mol. The van der Waals surface area contributed by atoms with E-state index in [2.05, 4.69) is 53.4 Å². The Morgan fingerprint density at radius 3 is 2.40 bits per heavy atom. The van der Waals surface area contributed by atoms with Crippen molar-refractivity contribution in [1.29, 1.82) is 0 Å². The number of hydrogen-bond acceptors (Lipinski definition) is 4. The molecule has 0 radical (unpaired) electrons. The molecule has 0 saturated carbocycles. The molecular weight excluding hydrogens is 330 g/mol. The van der Waals surface area contributed by atoms with Crippen LogP contribution >= 0.6 is 11.8 Å². The molecule has 1 saturated heterocycles. The van der Waals surface area contributed by atoms with E-state index in [1.807, 2.05) is 24.3 Å². The van der Waals surface area contributed by atoms with Crippen LogP contribution in [0.1, 0.15) is 5.56 Å². The lowest BCUT2D eigenvalue weighted by atomic mass is 10.2. The van der Waals surface area contributed by atoms with E-state index < -0.39 is 0 Å². The zero-order chi connectivity index (χ0) is 17.6. The maximum Gasteiger partial charge on any atom is 0.234 e. The van der Waals surface area contributed by atoms with Crippen LogP contribution in [0.25, 0.3) is 0 Å². The first-order chi connectivity index (χ1) is 12.1. The van der Waals surface area contributed by atoms with Crippen molar-refractivity contribution in [3.05, 3.63) is 54.1 Å².